The third-order valence-corrected chi connectivity index (χ3v) is 6.42. The Hall–Kier alpha value is -3.68. The van der Waals surface area contributed by atoms with Crippen molar-refractivity contribution in [3.63, 3.8) is 0 Å². The molecule has 1 aliphatic heterocycles. The summed E-state index contributed by atoms with van der Waals surface area (Å²) < 4.78 is 20.6. The van der Waals surface area contributed by atoms with Crippen molar-refractivity contribution in [2.45, 2.75) is 39.2 Å². The van der Waals surface area contributed by atoms with E-state index in [0.717, 1.165) is 35.5 Å². The van der Waals surface area contributed by atoms with Crippen LogP contribution in [0.3, 0.4) is 0 Å². The Morgan fingerprint density at radius 3 is 2.66 bits per heavy atom. The Morgan fingerprint density at radius 2 is 1.91 bits per heavy atom. The van der Waals surface area contributed by atoms with Gasteiger partial charge in [0.25, 0.3) is 0 Å². The number of aromatic nitrogens is 2. The van der Waals surface area contributed by atoms with Gasteiger partial charge in [0.15, 0.2) is 0 Å². The molecule has 8 heteroatoms. The Kier molecular flexibility index (Phi) is 7.80. The zero-order valence-electron chi connectivity index (χ0n) is 20.1. The summed E-state index contributed by atoms with van der Waals surface area (Å²) in [6.07, 6.45) is 3.55. The number of amides is 2. The van der Waals surface area contributed by atoms with Gasteiger partial charge in [0.1, 0.15) is 11.6 Å². The van der Waals surface area contributed by atoms with Crippen molar-refractivity contribution in [1.29, 1.82) is 0 Å². The first-order chi connectivity index (χ1) is 16.9. The lowest BCUT2D eigenvalue weighted by atomic mass is 9.96. The van der Waals surface area contributed by atoms with E-state index in [4.69, 9.17) is 4.74 Å². The minimum absolute atomic E-state index is 0.00268. The maximum atomic E-state index is 13.3. The molecule has 1 aromatic heterocycles. The molecular weight excluding hydrogens is 447 g/mol. The summed E-state index contributed by atoms with van der Waals surface area (Å²) in [6.45, 7) is 5.23. The number of carbonyl (C=O) groups excluding carboxylic acids is 2. The van der Waals surface area contributed by atoms with Crippen molar-refractivity contribution in [3.05, 3.63) is 77.9 Å². The number of carbonyl (C=O) groups is 2. The fraction of sp³-hybridized carbons (Fsp3) is 0.370. The van der Waals surface area contributed by atoms with Gasteiger partial charge in [-0.3, -0.25) is 9.59 Å². The van der Waals surface area contributed by atoms with Gasteiger partial charge in [-0.05, 0) is 63.1 Å². The van der Waals surface area contributed by atoms with Crippen LogP contribution in [0.4, 0.5) is 4.39 Å². The Morgan fingerprint density at radius 1 is 1.17 bits per heavy atom. The standard InChI is InChI=1S/C27H31FN4O3/c1-19(25-17-29-32(20(25)2)23-12-10-22(28)11-13-23)30-27(34)21-7-6-15-31(18-21)26(33)14-16-35-24-8-4-3-5-9-24/h3-5,8-13,17,19,21H,6-7,14-16,18H2,1-2H3,(H,30,34). The SMILES string of the molecule is Cc1c(C(C)NC(=O)C2CCCN(C(=O)CCOc3ccccc3)C2)cnn1-c1ccc(F)cc1. The fourth-order valence-corrected chi connectivity index (χ4v) is 4.45. The van der Waals surface area contributed by atoms with E-state index >= 15 is 0 Å². The molecule has 2 atom stereocenters. The lowest BCUT2D eigenvalue weighted by Crippen LogP contribution is -2.46. The number of benzene rings is 2. The van der Waals surface area contributed by atoms with Crippen LogP contribution in [0.15, 0.2) is 60.8 Å². The second-order valence-electron chi connectivity index (χ2n) is 8.89. The molecule has 2 unspecified atom stereocenters. The third-order valence-electron chi connectivity index (χ3n) is 6.42. The number of para-hydroxylation sites is 1. The first kappa shape index (κ1) is 24.4. The normalized spacial score (nSPS) is 16.5. The first-order valence-electron chi connectivity index (χ1n) is 12.0. The molecule has 0 saturated carbocycles. The van der Waals surface area contributed by atoms with Gasteiger partial charge in [-0.2, -0.15) is 5.10 Å². The number of hydrogen-bond acceptors (Lipinski definition) is 4. The molecule has 1 fully saturated rings. The van der Waals surface area contributed by atoms with Gasteiger partial charge in [-0.25, -0.2) is 9.07 Å². The third kappa shape index (κ3) is 6.07. The molecule has 2 amide bonds. The minimum atomic E-state index is -0.303. The molecule has 35 heavy (non-hydrogen) atoms. The molecule has 7 nitrogen and oxygen atoms in total. The van der Waals surface area contributed by atoms with Crippen LogP contribution in [0.25, 0.3) is 5.69 Å². The summed E-state index contributed by atoms with van der Waals surface area (Å²) >= 11 is 0. The number of likely N-dealkylation sites (tertiary alicyclic amines) is 1. The predicted octanol–water partition coefficient (Wildman–Crippen LogP) is 4.20. The van der Waals surface area contributed by atoms with E-state index < -0.39 is 0 Å². The Labute approximate surface area is 204 Å². The number of nitrogens with zero attached hydrogens (tertiary/aromatic N) is 3. The first-order valence-corrected chi connectivity index (χ1v) is 12.0. The van der Waals surface area contributed by atoms with Crippen LogP contribution in [0.5, 0.6) is 5.75 Å². The van der Waals surface area contributed by atoms with E-state index in [1.54, 1.807) is 27.9 Å². The van der Waals surface area contributed by atoms with Crippen LogP contribution in [-0.2, 0) is 9.59 Å². The molecule has 1 N–H and O–H groups in total. The lowest BCUT2D eigenvalue weighted by molar-refractivity contribution is -0.136. The zero-order valence-corrected chi connectivity index (χ0v) is 20.1. The molecule has 4 rings (SSSR count). The van der Waals surface area contributed by atoms with Crippen molar-refractivity contribution in [2.75, 3.05) is 19.7 Å². The molecule has 0 radical (unpaired) electrons. The summed E-state index contributed by atoms with van der Waals surface area (Å²) in [5.74, 6) is 0.122. The molecule has 1 saturated heterocycles. The Balaban J connectivity index is 1.30. The summed E-state index contributed by atoms with van der Waals surface area (Å²) in [5, 5.41) is 7.51. The van der Waals surface area contributed by atoms with Gasteiger partial charge >= 0.3 is 0 Å². The van der Waals surface area contributed by atoms with Crippen molar-refractivity contribution < 1.29 is 18.7 Å². The van der Waals surface area contributed by atoms with E-state index in [-0.39, 0.29) is 36.0 Å². The van der Waals surface area contributed by atoms with Gasteiger partial charge in [0.2, 0.25) is 11.8 Å². The molecule has 1 aliphatic rings. The van der Waals surface area contributed by atoms with Crippen LogP contribution in [0.1, 0.15) is 43.5 Å². The quantitative estimate of drug-likeness (QED) is 0.526. The second-order valence-corrected chi connectivity index (χ2v) is 8.89. The predicted molar refractivity (Wildman–Crippen MR) is 131 cm³/mol. The van der Waals surface area contributed by atoms with Crippen LogP contribution < -0.4 is 10.1 Å². The summed E-state index contributed by atoms with van der Waals surface area (Å²) in [4.78, 5) is 27.5. The van der Waals surface area contributed by atoms with E-state index in [1.807, 2.05) is 44.2 Å². The molecule has 0 spiro atoms. The highest BCUT2D eigenvalue weighted by Crippen LogP contribution is 2.23. The molecular formula is C27H31FN4O3. The maximum Gasteiger partial charge on any atom is 0.226 e. The molecule has 2 aromatic carbocycles. The van der Waals surface area contributed by atoms with E-state index in [0.29, 0.717) is 19.7 Å². The van der Waals surface area contributed by atoms with Gasteiger partial charge < -0.3 is 15.0 Å². The number of halogens is 1. The zero-order chi connectivity index (χ0) is 24.8. The van der Waals surface area contributed by atoms with Crippen LogP contribution >= 0.6 is 0 Å². The highest BCUT2D eigenvalue weighted by atomic mass is 19.1. The number of ether oxygens (including phenoxy) is 1. The monoisotopic (exact) mass is 478 g/mol. The van der Waals surface area contributed by atoms with Crippen LogP contribution in [0, 0.1) is 18.7 Å². The van der Waals surface area contributed by atoms with Crippen molar-refractivity contribution in [2.24, 2.45) is 5.92 Å². The summed E-state index contributed by atoms with van der Waals surface area (Å²) in [5.41, 5.74) is 2.53. The number of nitrogens with one attached hydrogen (secondary N) is 1. The van der Waals surface area contributed by atoms with Crippen molar-refractivity contribution >= 4 is 11.8 Å². The molecule has 0 aliphatic carbocycles. The molecule has 2 heterocycles. The second kappa shape index (κ2) is 11.2. The van der Waals surface area contributed by atoms with E-state index in [9.17, 15) is 14.0 Å². The average molecular weight is 479 g/mol. The lowest BCUT2D eigenvalue weighted by Gasteiger charge is -2.32. The van der Waals surface area contributed by atoms with Crippen LogP contribution in [0.2, 0.25) is 0 Å². The highest BCUT2D eigenvalue weighted by Gasteiger charge is 2.29. The van der Waals surface area contributed by atoms with Gasteiger partial charge in [0, 0.05) is 24.3 Å². The Bertz CT molecular complexity index is 1150. The number of piperidine rings is 1. The van der Waals surface area contributed by atoms with Gasteiger partial charge in [0.05, 0.1) is 36.9 Å². The van der Waals surface area contributed by atoms with Crippen molar-refractivity contribution in [3.8, 4) is 11.4 Å². The topological polar surface area (TPSA) is 76.5 Å². The minimum Gasteiger partial charge on any atom is -0.493 e. The number of hydrogen-bond donors (Lipinski definition) is 1. The van der Waals surface area contributed by atoms with Gasteiger partial charge in [-0.15, -0.1) is 0 Å². The largest absolute Gasteiger partial charge is 0.493 e. The van der Waals surface area contributed by atoms with Crippen LogP contribution in [-0.4, -0.2) is 46.2 Å². The maximum absolute atomic E-state index is 13.3. The molecule has 184 valence electrons. The molecule has 3 aromatic rings. The highest BCUT2D eigenvalue weighted by molar-refractivity contribution is 5.81. The average Bonchev–Trinajstić information content (AvgIpc) is 3.26. The smallest absolute Gasteiger partial charge is 0.226 e. The van der Waals surface area contributed by atoms with E-state index in [2.05, 4.69) is 10.4 Å². The van der Waals surface area contributed by atoms with Crippen molar-refractivity contribution in [1.82, 2.24) is 20.0 Å². The number of rotatable bonds is 8. The fourth-order valence-electron chi connectivity index (χ4n) is 4.45. The van der Waals surface area contributed by atoms with E-state index in [1.165, 1.54) is 12.1 Å². The summed E-state index contributed by atoms with van der Waals surface area (Å²) in [6, 6.07) is 15.3. The van der Waals surface area contributed by atoms with Gasteiger partial charge in [-0.1, -0.05) is 18.2 Å². The molecule has 0 bridgehead atoms. The summed E-state index contributed by atoms with van der Waals surface area (Å²) in [7, 11) is 0.